The average molecular weight is 314 g/mol. The average Bonchev–Trinajstić information content (AvgIpc) is 3.10. The summed E-state index contributed by atoms with van der Waals surface area (Å²) in [5, 5.41) is 17.3. The van der Waals surface area contributed by atoms with Crippen molar-refractivity contribution in [3.63, 3.8) is 0 Å². The molecule has 1 heterocycles. The van der Waals surface area contributed by atoms with Crippen LogP contribution in [0.1, 0.15) is 32.6 Å². The summed E-state index contributed by atoms with van der Waals surface area (Å²) >= 11 is 0. The van der Waals surface area contributed by atoms with Gasteiger partial charge in [0.05, 0.1) is 12.2 Å². The first-order valence-electron chi connectivity index (χ1n) is 8.09. The van der Waals surface area contributed by atoms with Gasteiger partial charge in [-0.3, -0.25) is 4.79 Å². The number of aromatic nitrogens is 4. The normalized spacial score (nSPS) is 20.9. The van der Waals surface area contributed by atoms with E-state index in [0.717, 1.165) is 17.8 Å². The van der Waals surface area contributed by atoms with E-state index in [2.05, 4.69) is 33.1 Å². The molecule has 7 nitrogen and oxygen atoms in total. The van der Waals surface area contributed by atoms with Crippen molar-refractivity contribution >= 4 is 11.6 Å². The van der Waals surface area contributed by atoms with Crippen LogP contribution in [0.25, 0.3) is 5.69 Å². The van der Waals surface area contributed by atoms with Crippen molar-refractivity contribution in [3.05, 3.63) is 30.6 Å². The highest BCUT2D eigenvalue weighted by molar-refractivity contribution is 5.81. The van der Waals surface area contributed by atoms with Gasteiger partial charge in [-0.2, -0.15) is 0 Å². The van der Waals surface area contributed by atoms with Crippen molar-refractivity contribution < 1.29 is 4.79 Å². The molecule has 1 amide bonds. The van der Waals surface area contributed by atoms with Crippen LogP contribution in [0.3, 0.4) is 0 Å². The molecule has 1 saturated carbocycles. The summed E-state index contributed by atoms with van der Waals surface area (Å²) in [5.74, 6) is 0.622. The van der Waals surface area contributed by atoms with Gasteiger partial charge in [-0.1, -0.05) is 19.8 Å². The molecule has 1 fully saturated rings. The highest BCUT2D eigenvalue weighted by Crippen LogP contribution is 2.23. The van der Waals surface area contributed by atoms with E-state index in [1.165, 1.54) is 19.3 Å². The summed E-state index contributed by atoms with van der Waals surface area (Å²) in [5.41, 5.74) is 1.77. The summed E-state index contributed by atoms with van der Waals surface area (Å²) in [7, 11) is 0. The number of carbonyl (C=O) groups excluding carboxylic acids is 1. The molecule has 1 aromatic heterocycles. The van der Waals surface area contributed by atoms with Gasteiger partial charge in [0.25, 0.3) is 0 Å². The quantitative estimate of drug-likeness (QED) is 0.878. The van der Waals surface area contributed by atoms with E-state index in [4.69, 9.17) is 0 Å². The van der Waals surface area contributed by atoms with Gasteiger partial charge in [-0.25, -0.2) is 4.68 Å². The first kappa shape index (κ1) is 15.5. The summed E-state index contributed by atoms with van der Waals surface area (Å²) in [6.45, 7) is 2.50. The first-order valence-corrected chi connectivity index (χ1v) is 8.09. The lowest BCUT2D eigenvalue weighted by Crippen LogP contribution is -2.43. The third-order valence-corrected chi connectivity index (χ3v) is 4.39. The van der Waals surface area contributed by atoms with E-state index in [9.17, 15) is 4.79 Å². The van der Waals surface area contributed by atoms with Crippen LogP contribution in [-0.4, -0.2) is 38.7 Å². The largest absolute Gasteiger partial charge is 0.376 e. The number of nitrogens with zero attached hydrogens (tertiary/aromatic N) is 4. The smallest absolute Gasteiger partial charge is 0.239 e. The molecular formula is C16H22N6O. The zero-order valence-electron chi connectivity index (χ0n) is 13.3. The van der Waals surface area contributed by atoms with E-state index in [-0.39, 0.29) is 12.5 Å². The molecular weight excluding hydrogens is 292 g/mol. The Balaban J connectivity index is 1.49. The Kier molecular flexibility index (Phi) is 4.85. The number of carbonyl (C=O) groups is 1. The van der Waals surface area contributed by atoms with Gasteiger partial charge in [-0.15, -0.1) is 5.10 Å². The molecule has 1 aliphatic carbocycles. The number of amides is 1. The molecule has 0 bridgehead atoms. The number of hydrogen-bond donors (Lipinski definition) is 2. The molecule has 23 heavy (non-hydrogen) atoms. The summed E-state index contributed by atoms with van der Waals surface area (Å²) in [6, 6.07) is 7.95. The molecule has 2 unspecified atom stereocenters. The minimum Gasteiger partial charge on any atom is -0.376 e. The molecule has 3 rings (SSSR count). The fourth-order valence-corrected chi connectivity index (χ4v) is 2.98. The highest BCUT2D eigenvalue weighted by Gasteiger charge is 2.22. The first-order chi connectivity index (χ1) is 11.2. The number of rotatable bonds is 5. The fraction of sp³-hybridized carbons (Fsp3) is 0.500. The summed E-state index contributed by atoms with van der Waals surface area (Å²) < 4.78 is 1.58. The van der Waals surface area contributed by atoms with E-state index in [1.54, 1.807) is 11.0 Å². The van der Waals surface area contributed by atoms with Gasteiger partial charge >= 0.3 is 0 Å². The lowest BCUT2D eigenvalue weighted by Gasteiger charge is -2.29. The molecule has 2 atom stereocenters. The second-order valence-electron chi connectivity index (χ2n) is 6.09. The van der Waals surface area contributed by atoms with Gasteiger partial charge < -0.3 is 10.6 Å². The van der Waals surface area contributed by atoms with Crippen molar-refractivity contribution in [1.29, 1.82) is 0 Å². The monoisotopic (exact) mass is 314 g/mol. The molecule has 2 aromatic rings. The number of hydrogen-bond acceptors (Lipinski definition) is 5. The molecule has 122 valence electrons. The zero-order chi connectivity index (χ0) is 16.1. The van der Waals surface area contributed by atoms with Gasteiger partial charge in [0.2, 0.25) is 5.91 Å². The van der Waals surface area contributed by atoms with E-state index < -0.39 is 0 Å². The molecule has 7 heteroatoms. The second kappa shape index (κ2) is 7.21. The Morgan fingerprint density at radius 2 is 2.04 bits per heavy atom. The minimum atomic E-state index is 0.0494. The van der Waals surface area contributed by atoms with Gasteiger partial charge in [-0.05, 0) is 53.5 Å². The Hall–Kier alpha value is -2.44. The summed E-state index contributed by atoms with van der Waals surface area (Å²) in [4.78, 5) is 12.1. The molecule has 1 aliphatic rings. The highest BCUT2D eigenvalue weighted by atomic mass is 16.2. The van der Waals surface area contributed by atoms with Crippen molar-refractivity contribution in [3.8, 4) is 5.69 Å². The minimum absolute atomic E-state index is 0.0494. The number of anilines is 1. The maximum atomic E-state index is 12.1. The van der Waals surface area contributed by atoms with Crippen molar-refractivity contribution in [1.82, 2.24) is 25.5 Å². The van der Waals surface area contributed by atoms with Crippen LogP contribution >= 0.6 is 0 Å². The van der Waals surface area contributed by atoms with Gasteiger partial charge in [0.15, 0.2) is 0 Å². The molecule has 0 spiro atoms. The van der Waals surface area contributed by atoms with Crippen LogP contribution in [0.4, 0.5) is 5.69 Å². The molecule has 0 radical (unpaired) electrons. The number of nitrogens with one attached hydrogen (secondary N) is 2. The Labute approximate surface area is 135 Å². The zero-order valence-corrected chi connectivity index (χ0v) is 13.3. The van der Waals surface area contributed by atoms with Crippen molar-refractivity contribution in [2.75, 3.05) is 11.9 Å². The SMILES string of the molecule is CC1CCCCC1NC(=O)CNc1ccc(-n2cnnn2)cc1. The molecule has 0 aliphatic heterocycles. The Bertz CT molecular complexity index is 625. The van der Waals surface area contributed by atoms with Crippen LogP contribution in [-0.2, 0) is 4.79 Å². The third-order valence-electron chi connectivity index (χ3n) is 4.39. The number of tetrazole rings is 1. The topological polar surface area (TPSA) is 84.7 Å². The Morgan fingerprint density at radius 3 is 2.74 bits per heavy atom. The third kappa shape index (κ3) is 4.06. The van der Waals surface area contributed by atoms with E-state index in [1.807, 2.05) is 24.3 Å². The number of benzene rings is 1. The van der Waals surface area contributed by atoms with Gasteiger partial charge in [0.1, 0.15) is 6.33 Å². The molecule has 0 saturated heterocycles. The standard InChI is InChI=1S/C16H22N6O/c1-12-4-2-3-5-15(12)19-16(23)10-17-13-6-8-14(9-7-13)22-11-18-20-21-22/h6-9,11-12,15,17H,2-5,10H2,1H3,(H,19,23). The second-order valence-corrected chi connectivity index (χ2v) is 6.09. The lowest BCUT2D eigenvalue weighted by atomic mass is 9.86. The molecule has 2 N–H and O–H groups in total. The maximum Gasteiger partial charge on any atom is 0.239 e. The summed E-state index contributed by atoms with van der Waals surface area (Å²) in [6.07, 6.45) is 6.33. The van der Waals surface area contributed by atoms with Gasteiger partial charge in [0, 0.05) is 11.7 Å². The lowest BCUT2D eigenvalue weighted by molar-refractivity contribution is -0.120. The predicted molar refractivity (Wildman–Crippen MR) is 87.2 cm³/mol. The predicted octanol–water partition coefficient (Wildman–Crippen LogP) is 1.77. The Morgan fingerprint density at radius 1 is 1.26 bits per heavy atom. The van der Waals surface area contributed by atoms with Crippen LogP contribution in [0, 0.1) is 5.92 Å². The fourth-order valence-electron chi connectivity index (χ4n) is 2.98. The maximum absolute atomic E-state index is 12.1. The van der Waals surface area contributed by atoms with Crippen LogP contribution < -0.4 is 10.6 Å². The molecule has 1 aromatic carbocycles. The van der Waals surface area contributed by atoms with Crippen molar-refractivity contribution in [2.45, 2.75) is 38.6 Å². The van der Waals surface area contributed by atoms with E-state index in [0.29, 0.717) is 12.0 Å². The van der Waals surface area contributed by atoms with E-state index >= 15 is 0 Å². The van der Waals surface area contributed by atoms with Crippen LogP contribution in [0.5, 0.6) is 0 Å². The van der Waals surface area contributed by atoms with Crippen LogP contribution in [0.15, 0.2) is 30.6 Å². The van der Waals surface area contributed by atoms with Crippen molar-refractivity contribution in [2.24, 2.45) is 5.92 Å². The van der Waals surface area contributed by atoms with Crippen LogP contribution in [0.2, 0.25) is 0 Å².